The highest BCUT2D eigenvalue weighted by Gasteiger charge is 2.46. The van der Waals surface area contributed by atoms with Gasteiger partial charge in [0.2, 0.25) is 5.91 Å². The molecular formula is C32H28ClF4N5O3. The number of hydrogen-bond donors (Lipinski definition) is 1. The molecule has 8 nitrogen and oxygen atoms in total. The quantitative estimate of drug-likeness (QED) is 0.203. The third kappa shape index (κ3) is 6.28. The number of nitrogens with one attached hydrogen (secondary N) is 1. The average Bonchev–Trinajstić information content (AvgIpc) is 3.39. The Kier molecular flexibility index (Phi) is 8.96. The molecule has 0 saturated heterocycles. The Morgan fingerprint density at radius 2 is 1.71 bits per heavy atom. The van der Waals surface area contributed by atoms with Gasteiger partial charge in [-0.05, 0) is 55.0 Å². The molecular weight excluding hydrogens is 614 g/mol. The number of benzene rings is 3. The molecule has 13 heteroatoms. The molecule has 0 spiro atoms. The van der Waals surface area contributed by atoms with Crippen LogP contribution in [-0.4, -0.2) is 57.9 Å². The number of nitrogens with zero attached hydrogens (tertiary/aromatic N) is 4. The first-order valence-electron chi connectivity index (χ1n) is 14.0. The number of fused-ring (bicyclic) bond motifs is 1. The van der Waals surface area contributed by atoms with E-state index in [0.717, 1.165) is 12.1 Å². The Bertz CT molecular complexity index is 1730. The number of amides is 3. The van der Waals surface area contributed by atoms with Crippen LogP contribution >= 0.6 is 11.6 Å². The molecule has 45 heavy (non-hydrogen) atoms. The number of anilines is 1. The Morgan fingerprint density at radius 3 is 2.33 bits per heavy atom. The fraction of sp³-hybridized carbons (Fsp3) is 0.250. The number of aromatic nitrogens is 2. The summed E-state index contributed by atoms with van der Waals surface area (Å²) in [6.07, 6.45) is -4.69. The van der Waals surface area contributed by atoms with Crippen molar-refractivity contribution < 1.29 is 31.9 Å². The van der Waals surface area contributed by atoms with Crippen LogP contribution in [0.25, 0.3) is 5.69 Å². The number of carbonyl (C=O) groups excluding carboxylic acids is 3. The lowest BCUT2D eigenvalue weighted by Gasteiger charge is -2.38. The van der Waals surface area contributed by atoms with E-state index in [0.29, 0.717) is 34.4 Å². The van der Waals surface area contributed by atoms with Crippen LogP contribution in [0.4, 0.5) is 23.4 Å². The molecule has 1 aliphatic rings. The zero-order valence-electron chi connectivity index (χ0n) is 24.2. The Morgan fingerprint density at radius 1 is 1.02 bits per heavy atom. The van der Waals surface area contributed by atoms with Gasteiger partial charge in [-0.15, -0.1) is 11.6 Å². The Labute approximate surface area is 261 Å². The molecule has 1 aromatic heterocycles. The summed E-state index contributed by atoms with van der Waals surface area (Å²) in [7, 11) is 1.55. The molecule has 0 fully saturated rings. The zero-order chi connectivity index (χ0) is 32.5. The van der Waals surface area contributed by atoms with Crippen molar-refractivity contribution in [3.8, 4) is 5.69 Å². The lowest BCUT2D eigenvalue weighted by molar-refractivity contribution is -0.137. The van der Waals surface area contributed by atoms with Crippen LogP contribution in [-0.2, 0) is 22.3 Å². The minimum absolute atomic E-state index is 0.0224. The maximum atomic E-state index is 14.3. The van der Waals surface area contributed by atoms with Gasteiger partial charge in [0.1, 0.15) is 23.6 Å². The van der Waals surface area contributed by atoms with E-state index in [4.69, 9.17) is 16.7 Å². The normalized spacial score (nSPS) is 16.3. The van der Waals surface area contributed by atoms with Gasteiger partial charge in [0.15, 0.2) is 0 Å². The highest BCUT2D eigenvalue weighted by atomic mass is 35.5. The number of alkyl halides is 4. The van der Waals surface area contributed by atoms with Crippen LogP contribution < -0.4 is 10.2 Å². The molecule has 0 bridgehead atoms. The third-order valence-electron chi connectivity index (χ3n) is 7.62. The molecule has 5 rings (SSSR count). The van der Waals surface area contributed by atoms with Crippen molar-refractivity contribution in [1.82, 2.24) is 20.0 Å². The van der Waals surface area contributed by atoms with Gasteiger partial charge in [-0.1, -0.05) is 36.4 Å². The topological polar surface area (TPSA) is 87.5 Å². The van der Waals surface area contributed by atoms with Crippen LogP contribution in [0, 0.1) is 5.82 Å². The number of carbonyl (C=O) groups is 3. The van der Waals surface area contributed by atoms with E-state index in [1.807, 2.05) is 6.07 Å². The van der Waals surface area contributed by atoms with Crippen LogP contribution in [0.1, 0.15) is 45.6 Å². The largest absolute Gasteiger partial charge is 0.416 e. The fourth-order valence-corrected chi connectivity index (χ4v) is 5.65. The van der Waals surface area contributed by atoms with Crippen LogP contribution in [0.3, 0.4) is 0 Å². The van der Waals surface area contributed by atoms with Gasteiger partial charge in [0.25, 0.3) is 11.8 Å². The van der Waals surface area contributed by atoms with Crippen molar-refractivity contribution in [2.24, 2.45) is 0 Å². The minimum Gasteiger partial charge on any atom is -0.339 e. The summed E-state index contributed by atoms with van der Waals surface area (Å²) in [5, 5.41) is 7.49. The van der Waals surface area contributed by atoms with Crippen molar-refractivity contribution in [3.05, 3.63) is 113 Å². The second kappa shape index (κ2) is 12.7. The number of para-hydroxylation sites is 1. The zero-order valence-corrected chi connectivity index (χ0v) is 24.9. The number of halogens is 5. The lowest BCUT2D eigenvalue weighted by Crippen LogP contribution is -2.55. The molecule has 0 aliphatic carbocycles. The van der Waals surface area contributed by atoms with Gasteiger partial charge in [-0.2, -0.15) is 18.3 Å². The molecule has 2 atom stereocenters. The maximum Gasteiger partial charge on any atom is 0.416 e. The van der Waals surface area contributed by atoms with Crippen molar-refractivity contribution in [2.75, 3.05) is 24.4 Å². The first kappa shape index (κ1) is 31.7. The molecule has 2 unspecified atom stereocenters. The van der Waals surface area contributed by atoms with E-state index in [1.54, 1.807) is 42.9 Å². The summed E-state index contributed by atoms with van der Waals surface area (Å²) < 4.78 is 56.0. The smallest absolute Gasteiger partial charge is 0.339 e. The summed E-state index contributed by atoms with van der Waals surface area (Å²) in [5.74, 6) is -3.23. The molecule has 0 saturated carbocycles. The minimum atomic E-state index is -4.69. The summed E-state index contributed by atoms with van der Waals surface area (Å²) in [6, 6.07) is 16.9. The fourth-order valence-electron chi connectivity index (χ4n) is 5.45. The summed E-state index contributed by atoms with van der Waals surface area (Å²) in [6.45, 7) is 1.86. The number of rotatable bonds is 8. The molecule has 4 aromatic rings. The lowest BCUT2D eigenvalue weighted by atomic mass is 9.80. The van der Waals surface area contributed by atoms with Gasteiger partial charge < -0.3 is 10.2 Å². The van der Waals surface area contributed by atoms with E-state index in [2.05, 4.69) is 5.32 Å². The molecule has 1 N–H and O–H groups in total. The molecule has 234 valence electrons. The van der Waals surface area contributed by atoms with Gasteiger partial charge >= 0.3 is 6.18 Å². The molecule has 3 amide bonds. The third-order valence-corrected chi connectivity index (χ3v) is 7.85. The Hall–Kier alpha value is -4.71. The second-order valence-electron chi connectivity index (χ2n) is 10.5. The molecule has 1 aliphatic heterocycles. The summed E-state index contributed by atoms with van der Waals surface area (Å²) >= 11 is 5.82. The first-order chi connectivity index (χ1) is 21.4. The molecule has 0 radical (unpaired) electrons. The van der Waals surface area contributed by atoms with Crippen LogP contribution in [0.2, 0.25) is 0 Å². The van der Waals surface area contributed by atoms with Gasteiger partial charge in [0, 0.05) is 30.6 Å². The van der Waals surface area contributed by atoms with Gasteiger partial charge in [-0.25, -0.2) is 9.07 Å². The van der Waals surface area contributed by atoms with Gasteiger partial charge in [-0.3, -0.25) is 19.3 Å². The van der Waals surface area contributed by atoms with Crippen molar-refractivity contribution >= 4 is 35.1 Å². The Balaban J connectivity index is 1.71. The molecule has 3 aromatic carbocycles. The first-order valence-corrected chi connectivity index (χ1v) is 14.5. The van der Waals surface area contributed by atoms with E-state index in [9.17, 15) is 31.9 Å². The SMILES string of the molecule is CCN1C(=O)C(NC(=O)c2cccc(C(F)(F)F)c2)C(c2ccc(F)cc2)c2c(CN(C)C(=O)CCl)nn(-c3ccccc3)c21. The highest BCUT2D eigenvalue weighted by molar-refractivity contribution is 6.27. The average molecular weight is 642 g/mol. The van der Waals surface area contributed by atoms with Crippen molar-refractivity contribution in [3.63, 3.8) is 0 Å². The van der Waals surface area contributed by atoms with Crippen molar-refractivity contribution in [1.29, 1.82) is 0 Å². The van der Waals surface area contributed by atoms with E-state index in [1.165, 1.54) is 40.1 Å². The summed E-state index contributed by atoms with van der Waals surface area (Å²) in [4.78, 5) is 43.1. The number of hydrogen-bond acceptors (Lipinski definition) is 4. The highest BCUT2D eigenvalue weighted by Crippen LogP contribution is 2.44. The number of likely N-dealkylation sites (N-methyl/N-ethyl adjacent to an activating group) is 1. The summed E-state index contributed by atoms with van der Waals surface area (Å²) in [5.41, 5.74) is 0.607. The van der Waals surface area contributed by atoms with E-state index >= 15 is 0 Å². The monoisotopic (exact) mass is 641 g/mol. The van der Waals surface area contributed by atoms with E-state index < -0.39 is 41.3 Å². The van der Waals surface area contributed by atoms with E-state index in [-0.39, 0.29) is 30.4 Å². The van der Waals surface area contributed by atoms with Crippen molar-refractivity contribution in [2.45, 2.75) is 31.6 Å². The predicted octanol–water partition coefficient (Wildman–Crippen LogP) is 5.52. The standard InChI is InChI=1S/C32H28ClF4N5O3/c1-3-41-30-27(24(18-40(2)25(43)17-33)39-42(30)23-10-5-4-6-11-23)26(19-12-14-22(34)15-13-19)28(31(41)45)38-29(44)20-8-7-9-21(16-20)32(35,36)37/h4-16,26,28H,3,17-18H2,1-2H3,(H,38,44). The van der Waals surface area contributed by atoms with Crippen LogP contribution in [0.5, 0.6) is 0 Å². The van der Waals surface area contributed by atoms with Gasteiger partial charge in [0.05, 0.1) is 23.5 Å². The predicted molar refractivity (Wildman–Crippen MR) is 160 cm³/mol. The second-order valence-corrected chi connectivity index (χ2v) is 10.7. The maximum absolute atomic E-state index is 14.3. The molecule has 2 heterocycles. The van der Waals surface area contributed by atoms with Crippen LogP contribution in [0.15, 0.2) is 78.9 Å².